The second kappa shape index (κ2) is 7.24. The highest BCUT2D eigenvalue weighted by atomic mass is 35.5. The van der Waals surface area contributed by atoms with Crippen LogP contribution in [0.5, 0.6) is 5.88 Å². The minimum atomic E-state index is 0.618. The summed E-state index contributed by atoms with van der Waals surface area (Å²) in [5.74, 6) is 0.618. The number of ether oxygens (including phenoxy) is 1. The molecule has 0 spiro atoms. The number of benzene rings is 1. The van der Waals surface area contributed by atoms with E-state index in [1.807, 2.05) is 25.1 Å². The maximum atomic E-state index is 6.31. The minimum Gasteiger partial charge on any atom is -0.481 e. The van der Waals surface area contributed by atoms with Gasteiger partial charge in [-0.15, -0.1) is 0 Å². The van der Waals surface area contributed by atoms with Gasteiger partial charge in [0.1, 0.15) is 0 Å². The van der Waals surface area contributed by atoms with Crippen LogP contribution in [0.3, 0.4) is 0 Å². The highest BCUT2D eigenvalue weighted by Gasteiger charge is 2.18. The molecule has 4 nitrogen and oxygen atoms in total. The van der Waals surface area contributed by atoms with Crippen LogP contribution in [0.1, 0.15) is 24.0 Å². The predicted octanol–water partition coefficient (Wildman–Crippen LogP) is 4.48. The highest BCUT2D eigenvalue weighted by molar-refractivity contribution is 6.32. The van der Waals surface area contributed by atoms with Crippen LogP contribution in [0, 0.1) is 6.92 Å². The molecule has 0 saturated heterocycles. The van der Waals surface area contributed by atoms with Gasteiger partial charge < -0.3 is 15.5 Å². The monoisotopic (exact) mass is 343 g/mol. The van der Waals surface area contributed by atoms with Crippen LogP contribution in [-0.4, -0.2) is 23.6 Å². The van der Waals surface area contributed by atoms with E-state index in [4.69, 9.17) is 22.1 Å². The van der Waals surface area contributed by atoms with Crippen molar-refractivity contribution >= 4 is 22.5 Å². The fourth-order valence-electron chi connectivity index (χ4n) is 3.11. The number of hydrogen-bond acceptors (Lipinski definition) is 3. The van der Waals surface area contributed by atoms with Crippen LogP contribution in [0.25, 0.3) is 22.2 Å². The van der Waals surface area contributed by atoms with Crippen molar-refractivity contribution in [2.75, 3.05) is 13.7 Å². The van der Waals surface area contributed by atoms with E-state index in [1.54, 1.807) is 13.3 Å². The first-order chi connectivity index (χ1) is 11.7. The van der Waals surface area contributed by atoms with Gasteiger partial charge in [0.05, 0.1) is 23.9 Å². The Morgan fingerprint density at radius 1 is 1.25 bits per heavy atom. The summed E-state index contributed by atoms with van der Waals surface area (Å²) in [5.41, 5.74) is 11.1. The average Bonchev–Trinajstić information content (AvgIpc) is 2.97. The number of unbranched alkanes of at least 4 members (excludes halogenated alkanes) is 1. The number of hydrogen-bond donors (Lipinski definition) is 2. The van der Waals surface area contributed by atoms with E-state index in [1.165, 1.54) is 10.9 Å². The normalized spacial score (nSPS) is 11.2. The SMILES string of the molecule is COc1ncccc1-c1[nH]c2c(C)c(Cl)ccc2c1CCCCN. The van der Waals surface area contributed by atoms with Crippen LogP contribution in [0.4, 0.5) is 0 Å². The number of nitrogens with two attached hydrogens (primary N) is 1. The number of H-pyrrole nitrogens is 1. The minimum absolute atomic E-state index is 0.618. The highest BCUT2D eigenvalue weighted by Crippen LogP contribution is 2.37. The number of aromatic amines is 1. The molecule has 24 heavy (non-hydrogen) atoms. The third-order valence-electron chi connectivity index (χ3n) is 4.39. The van der Waals surface area contributed by atoms with Crippen molar-refractivity contribution in [3.8, 4) is 17.1 Å². The lowest BCUT2D eigenvalue weighted by molar-refractivity contribution is 0.399. The van der Waals surface area contributed by atoms with Crippen LogP contribution < -0.4 is 10.5 Å². The summed E-state index contributed by atoms with van der Waals surface area (Å²) in [6.45, 7) is 2.74. The number of rotatable bonds is 6. The molecule has 5 heteroatoms. The largest absolute Gasteiger partial charge is 0.481 e. The Kier molecular flexibility index (Phi) is 5.07. The van der Waals surface area contributed by atoms with Gasteiger partial charge in [-0.2, -0.15) is 0 Å². The lowest BCUT2D eigenvalue weighted by atomic mass is 10.00. The fourth-order valence-corrected chi connectivity index (χ4v) is 3.27. The molecular formula is C19H22ClN3O. The van der Waals surface area contributed by atoms with Crippen LogP contribution in [-0.2, 0) is 6.42 Å². The van der Waals surface area contributed by atoms with Crippen molar-refractivity contribution in [2.45, 2.75) is 26.2 Å². The van der Waals surface area contributed by atoms with Gasteiger partial charge in [-0.25, -0.2) is 4.98 Å². The Labute approximate surface area is 147 Å². The van der Waals surface area contributed by atoms with Crippen LogP contribution in [0.2, 0.25) is 5.02 Å². The van der Waals surface area contributed by atoms with Crippen LogP contribution >= 0.6 is 11.6 Å². The number of nitrogens with zero attached hydrogens (tertiary/aromatic N) is 1. The average molecular weight is 344 g/mol. The topological polar surface area (TPSA) is 63.9 Å². The maximum Gasteiger partial charge on any atom is 0.222 e. The van der Waals surface area contributed by atoms with Crippen molar-refractivity contribution < 1.29 is 4.74 Å². The van der Waals surface area contributed by atoms with Crippen molar-refractivity contribution in [2.24, 2.45) is 5.73 Å². The van der Waals surface area contributed by atoms with Gasteiger partial charge in [0.2, 0.25) is 5.88 Å². The van der Waals surface area contributed by atoms with Gasteiger partial charge in [-0.1, -0.05) is 17.7 Å². The van der Waals surface area contributed by atoms with E-state index in [2.05, 4.69) is 16.0 Å². The van der Waals surface area contributed by atoms with Gasteiger partial charge in [0, 0.05) is 16.6 Å². The molecule has 0 radical (unpaired) electrons. The number of methoxy groups -OCH3 is 1. The van der Waals surface area contributed by atoms with E-state index < -0.39 is 0 Å². The zero-order chi connectivity index (χ0) is 17.1. The van der Waals surface area contributed by atoms with Gasteiger partial charge in [-0.05, 0) is 62.1 Å². The van der Waals surface area contributed by atoms with Crippen molar-refractivity contribution in [1.29, 1.82) is 0 Å². The Hall–Kier alpha value is -2.04. The second-order valence-corrected chi connectivity index (χ2v) is 6.29. The zero-order valence-electron chi connectivity index (χ0n) is 14.0. The molecule has 2 heterocycles. The molecule has 0 aliphatic rings. The molecular weight excluding hydrogens is 322 g/mol. The Bertz CT molecular complexity index is 857. The molecule has 3 aromatic rings. The molecule has 3 rings (SSSR count). The van der Waals surface area contributed by atoms with E-state index in [0.717, 1.165) is 46.6 Å². The number of pyridine rings is 1. The summed E-state index contributed by atoms with van der Waals surface area (Å²) in [6.07, 6.45) is 4.73. The fraction of sp³-hybridized carbons (Fsp3) is 0.316. The van der Waals surface area contributed by atoms with Gasteiger partial charge in [0.15, 0.2) is 0 Å². The number of fused-ring (bicyclic) bond motifs is 1. The third-order valence-corrected chi connectivity index (χ3v) is 4.80. The van der Waals surface area contributed by atoms with E-state index in [9.17, 15) is 0 Å². The molecule has 126 valence electrons. The molecule has 0 amide bonds. The standard InChI is InChI=1S/C19H22ClN3O/c1-12-16(20)9-8-14-13(6-3-4-10-21)18(23-17(12)14)15-7-5-11-22-19(15)24-2/h5,7-9,11,23H,3-4,6,10,21H2,1-2H3. The molecule has 0 aliphatic carbocycles. The van der Waals surface area contributed by atoms with Crippen molar-refractivity contribution in [3.63, 3.8) is 0 Å². The lowest BCUT2D eigenvalue weighted by Crippen LogP contribution is -1.99. The first-order valence-corrected chi connectivity index (χ1v) is 8.54. The van der Waals surface area contributed by atoms with Crippen molar-refractivity contribution in [1.82, 2.24) is 9.97 Å². The molecule has 0 fully saturated rings. The molecule has 0 unspecified atom stereocenters. The smallest absolute Gasteiger partial charge is 0.222 e. The molecule has 3 N–H and O–H groups in total. The number of aromatic nitrogens is 2. The molecule has 1 aromatic carbocycles. The van der Waals surface area contributed by atoms with E-state index in [-0.39, 0.29) is 0 Å². The summed E-state index contributed by atoms with van der Waals surface area (Å²) >= 11 is 6.31. The lowest BCUT2D eigenvalue weighted by Gasteiger charge is -2.08. The van der Waals surface area contributed by atoms with E-state index in [0.29, 0.717) is 12.4 Å². The first-order valence-electron chi connectivity index (χ1n) is 8.16. The van der Waals surface area contributed by atoms with Crippen LogP contribution in [0.15, 0.2) is 30.5 Å². The third kappa shape index (κ3) is 2.99. The van der Waals surface area contributed by atoms with Crippen molar-refractivity contribution in [3.05, 3.63) is 46.6 Å². The molecule has 0 bridgehead atoms. The summed E-state index contributed by atoms with van der Waals surface area (Å²) < 4.78 is 5.45. The van der Waals surface area contributed by atoms with E-state index >= 15 is 0 Å². The first kappa shape index (κ1) is 16.8. The Morgan fingerprint density at radius 2 is 2.08 bits per heavy atom. The molecule has 2 aromatic heterocycles. The summed E-state index contributed by atoms with van der Waals surface area (Å²) in [4.78, 5) is 7.89. The quantitative estimate of drug-likeness (QED) is 0.648. The number of halogens is 1. The maximum absolute atomic E-state index is 6.31. The molecule has 0 atom stereocenters. The van der Waals surface area contributed by atoms with Gasteiger partial charge in [0.25, 0.3) is 0 Å². The Balaban J connectivity index is 2.21. The Morgan fingerprint density at radius 3 is 2.83 bits per heavy atom. The summed E-state index contributed by atoms with van der Waals surface area (Å²) in [7, 11) is 1.64. The molecule has 0 aliphatic heterocycles. The zero-order valence-corrected chi connectivity index (χ0v) is 14.8. The van der Waals surface area contributed by atoms with Gasteiger partial charge in [-0.3, -0.25) is 0 Å². The second-order valence-electron chi connectivity index (χ2n) is 5.88. The number of nitrogens with one attached hydrogen (secondary N) is 1. The number of aryl methyl sites for hydroxylation is 2. The van der Waals surface area contributed by atoms with Gasteiger partial charge >= 0.3 is 0 Å². The predicted molar refractivity (Wildman–Crippen MR) is 99.8 cm³/mol. The summed E-state index contributed by atoms with van der Waals surface area (Å²) in [6, 6.07) is 8.00. The molecule has 0 saturated carbocycles. The summed E-state index contributed by atoms with van der Waals surface area (Å²) in [5, 5.41) is 1.97.